The quantitative estimate of drug-likeness (QED) is 0.774. The van der Waals surface area contributed by atoms with E-state index < -0.39 is 5.54 Å². The van der Waals surface area contributed by atoms with E-state index in [4.69, 9.17) is 4.74 Å². The van der Waals surface area contributed by atoms with E-state index in [1.54, 1.807) is 0 Å². The van der Waals surface area contributed by atoms with Gasteiger partial charge in [-0.2, -0.15) is 5.26 Å². The maximum absolute atomic E-state index is 9.71. The molecule has 0 amide bonds. The standard InChI is InChI=1S/C18H32N2O/c1-5-8-20-18(12-19,15-6-7-15)13-21-16-9-14(2)10-17(3,4)11-16/h14-16,20H,5-11,13H2,1-4H3. The monoisotopic (exact) mass is 292 g/mol. The van der Waals surface area contributed by atoms with Crippen molar-refractivity contribution in [2.45, 2.75) is 77.9 Å². The average Bonchev–Trinajstić information content (AvgIpc) is 3.22. The molecule has 1 N–H and O–H groups in total. The second-order valence-corrected chi connectivity index (χ2v) is 8.13. The van der Waals surface area contributed by atoms with Gasteiger partial charge in [-0.1, -0.05) is 27.7 Å². The molecule has 2 saturated carbocycles. The Hall–Kier alpha value is -0.590. The summed E-state index contributed by atoms with van der Waals surface area (Å²) in [6, 6.07) is 2.55. The van der Waals surface area contributed by atoms with Crippen LogP contribution in [0.2, 0.25) is 0 Å². The van der Waals surface area contributed by atoms with Crippen molar-refractivity contribution in [2.75, 3.05) is 13.2 Å². The van der Waals surface area contributed by atoms with Crippen LogP contribution in [0, 0.1) is 28.6 Å². The third kappa shape index (κ3) is 4.44. The minimum Gasteiger partial charge on any atom is -0.375 e. The minimum atomic E-state index is -0.444. The van der Waals surface area contributed by atoms with Crippen LogP contribution in [0.4, 0.5) is 0 Å². The van der Waals surface area contributed by atoms with Crippen molar-refractivity contribution >= 4 is 0 Å². The van der Waals surface area contributed by atoms with Crippen molar-refractivity contribution in [3.8, 4) is 6.07 Å². The number of hydrogen-bond acceptors (Lipinski definition) is 3. The van der Waals surface area contributed by atoms with E-state index in [1.807, 2.05) is 0 Å². The Morgan fingerprint density at radius 3 is 2.57 bits per heavy atom. The van der Waals surface area contributed by atoms with Gasteiger partial charge < -0.3 is 4.74 Å². The molecule has 2 aliphatic rings. The highest BCUT2D eigenvalue weighted by Gasteiger charge is 2.46. The molecular weight excluding hydrogens is 260 g/mol. The lowest BCUT2D eigenvalue weighted by atomic mass is 9.71. The van der Waals surface area contributed by atoms with Crippen LogP contribution in [0.15, 0.2) is 0 Å². The average molecular weight is 292 g/mol. The van der Waals surface area contributed by atoms with Crippen molar-refractivity contribution in [1.82, 2.24) is 5.32 Å². The highest BCUT2D eigenvalue weighted by molar-refractivity contribution is 5.15. The van der Waals surface area contributed by atoms with Gasteiger partial charge in [-0.05, 0) is 62.3 Å². The molecule has 120 valence electrons. The molecule has 0 saturated heterocycles. The topological polar surface area (TPSA) is 45.0 Å². The van der Waals surface area contributed by atoms with Crippen LogP contribution in [0.5, 0.6) is 0 Å². The predicted molar refractivity (Wildman–Crippen MR) is 85.9 cm³/mol. The Labute approximate surface area is 130 Å². The summed E-state index contributed by atoms with van der Waals surface area (Å²) in [4.78, 5) is 0. The number of rotatable bonds is 7. The first kappa shape index (κ1) is 16.8. The van der Waals surface area contributed by atoms with Crippen molar-refractivity contribution < 1.29 is 4.74 Å². The Kier molecular flexibility index (Phi) is 5.33. The molecule has 3 unspecified atom stereocenters. The fraction of sp³-hybridized carbons (Fsp3) is 0.944. The third-order valence-electron chi connectivity index (χ3n) is 5.06. The normalized spacial score (nSPS) is 31.4. The largest absolute Gasteiger partial charge is 0.375 e. The van der Waals surface area contributed by atoms with Crippen LogP contribution in [0.1, 0.15) is 66.2 Å². The predicted octanol–water partition coefficient (Wildman–Crippen LogP) is 3.89. The second-order valence-electron chi connectivity index (χ2n) is 8.13. The maximum atomic E-state index is 9.71. The van der Waals surface area contributed by atoms with Gasteiger partial charge in [0.1, 0.15) is 5.54 Å². The highest BCUT2D eigenvalue weighted by atomic mass is 16.5. The number of nitrogens with zero attached hydrogens (tertiary/aromatic N) is 1. The smallest absolute Gasteiger partial charge is 0.133 e. The van der Waals surface area contributed by atoms with Gasteiger partial charge in [0.05, 0.1) is 18.8 Å². The highest BCUT2D eigenvalue weighted by Crippen LogP contribution is 2.42. The van der Waals surface area contributed by atoms with Crippen LogP contribution in [-0.2, 0) is 4.74 Å². The number of nitrogens with one attached hydrogen (secondary N) is 1. The molecule has 3 nitrogen and oxygen atoms in total. The molecule has 0 aliphatic heterocycles. The Morgan fingerprint density at radius 1 is 1.33 bits per heavy atom. The molecule has 0 aromatic rings. The van der Waals surface area contributed by atoms with Gasteiger partial charge >= 0.3 is 0 Å². The lowest BCUT2D eigenvalue weighted by molar-refractivity contribution is -0.0419. The van der Waals surface area contributed by atoms with Crippen LogP contribution >= 0.6 is 0 Å². The molecule has 0 bridgehead atoms. The van der Waals surface area contributed by atoms with E-state index in [-0.39, 0.29) is 0 Å². The van der Waals surface area contributed by atoms with Gasteiger partial charge in [-0.15, -0.1) is 0 Å². The SMILES string of the molecule is CCCNC(C#N)(COC1CC(C)CC(C)(C)C1)C1CC1. The number of ether oxygens (including phenoxy) is 1. The van der Waals surface area contributed by atoms with E-state index >= 15 is 0 Å². The van der Waals surface area contributed by atoms with Crippen molar-refractivity contribution in [3.63, 3.8) is 0 Å². The lowest BCUT2D eigenvalue weighted by Gasteiger charge is -2.40. The van der Waals surface area contributed by atoms with Gasteiger partial charge in [0.2, 0.25) is 0 Å². The zero-order chi connectivity index (χ0) is 15.5. The van der Waals surface area contributed by atoms with E-state index in [0.717, 1.165) is 31.7 Å². The lowest BCUT2D eigenvalue weighted by Crippen LogP contribution is -2.51. The van der Waals surface area contributed by atoms with Crippen LogP contribution in [0.3, 0.4) is 0 Å². The zero-order valence-corrected chi connectivity index (χ0v) is 14.2. The first-order valence-corrected chi connectivity index (χ1v) is 8.68. The maximum Gasteiger partial charge on any atom is 0.133 e. The van der Waals surface area contributed by atoms with Gasteiger partial charge in [0, 0.05) is 0 Å². The van der Waals surface area contributed by atoms with Crippen LogP contribution < -0.4 is 5.32 Å². The minimum absolute atomic E-state index is 0.318. The first-order valence-electron chi connectivity index (χ1n) is 8.68. The van der Waals surface area contributed by atoms with E-state index in [0.29, 0.717) is 24.0 Å². The molecule has 0 radical (unpaired) electrons. The molecule has 21 heavy (non-hydrogen) atoms. The molecule has 3 atom stereocenters. The van der Waals surface area contributed by atoms with Gasteiger partial charge in [0.25, 0.3) is 0 Å². The molecule has 0 aromatic carbocycles. The Balaban J connectivity index is 1.93. The Morgan fingerprint density at radius 2 is 2.05 bits per heavy atom. The van der Waals surface area contributed by atoms with Gasteiger partial charge in [-0.25, -0.2) is 0 Å². The van der Waals surface area contributed by atoms with Crippen LogP contribution in [-0.4, -0.2) is 24.8 Å². The summed E-state index contributed by atoms with van der Waals surface area (Å²) in [7, 11) is 0. The number of nitriles is 1. The van der Waals surface area contributed by atoms with E-state index in [1.165, 1.54) is 19.3 Å². The second kappa shape index (κ2) is 6.67. The fourth-order valence-electron chi connectivity index (χ4n) is 4.04. The van der Waals surface area contributed by atoms with E-state index in [9.17, 15) is 5.26 Å². The summed E-state index contributed by atoms with van der Waals surface area (Å²) < 4.78 is 6.26. The summed E-state index contributed by atoms with van der Waals surface area (Å²) >= 11 is 0. The molecule has 2 fully saturated rings. The van der Waals surface area contributed by atoms with Gasteiger partial charge in [0.15, 0.2) is 0 Å². The summed E-state index contributed by atoms with van der Waals surface area (Å²) in [5.41, 5.74) is -0.0745. The summed E-state index contributed by atoms with van der Waals surface area (Å²) in [6.07, 6.45) is 7.26. The third-order valence-corrected chi connectivity index (χ3v) is 5.06. The first-order chi connectivity index (χ1) is 9.91. The molecule has 0 spiro atoms. The van der Waals surface area contributed by atoms with Crippen molar-refractivity contribution in [2.24, 2.45) is 17.3 Å². The fourth-order valence-corrected chi connectivity index (χ4v) is 4.04. The summed E-state index contributed by atoms with van der Waals surface area (Å²) in [5, 5.41) is 13.2. The molecule has 2 aliphatic carbocycles. The Bertz CT molecular complexity index is 383. The van der Waals surface area contributed by atoms with E-state index in [2.05, 4.69) is 39.1 Å². The molecule has 0 heterocycles. The number of hydrogen-bond donors (Lipinski definition) is 1. The molecule has 2 rings (SSSR count). The summed E-state index contributed by atoms with van der Waals surface area (Å²) in [5.74, 6) is 1.21. The van der Waals surface area contributed by atoms with Crippen LogP contribution in [0.25, 0.3) is 0 Å². The molecule has 0 aromatic heterocycles. The van der Waals surface area contributed by atoms with Crippen molar-refractivity contribution in [3.05, 3.63) is 0 Å². The zero-order valence-electron chi connectivity index (χ0n) is 14.2. The molecule has 3 heteroatoms. The molecular formula is C18H32N2O. The summed E-state index contributed by atoms with van der Waals surface area (Å²) in [6.45, 7) is 10.6. The van der Waals surface area contributed by atoms with Gasteiger partial charge in [-0.3, -0.25) is 5.32 Å². The van der Waals surface area contributed by atoms with Crippen molar-refractivity contribution in [1.29, 1.82) is 5.26 Å².